The second-order valence-electron chi connectivity index (χ2n) is 4.23. The van der Waals surface area contributed by atoms with Crippen LogP contribution in [0.15, 0.2) is 24.4 Å². The maximum absolute atomic E-state index is 9.28. The molecule has 3 nitrogen and oxygen atoms in total. The largest absolute Gasteiger partial charge is 0.395 e. The van der Waals surface area contributed by atoms with Crippen LogP contribution in [-0.2, 0) is 6.54 Å². The first kappa shape index (κ1) is 12.1. The van der Waals surface area contributed by atoms with E-state index in [1.54, 1.807) is 6.20 Å². The second-order valence-corrected chi connectivity index (χ2v) is 4.23. The summed E-state index contributed by atoms with van der Waals surface area (Å²) in [6, 6.07) is 6.10. The third kappa shape index (κ3) is 3.61. The molecule has 0 aliphatic carbocycles. The predicted molar refractivity (Wildman–Crippen MR) is 61.4 cm³/mol. The molecule has 1 aromatic heterocycles. The summed E-state index contributed by atoms with van der Waals surface area (Å²) in [4.78, 5) is 6.42. The zero-order valence-electron chi connectivity index (χ0n) is 9.72. The molecule has 84 valence electrons. The van der Waals surface area contributed by atoms with Gasteiger partial charge in [0.2, 0.25) is 0 Å². The molecule has 0 spiro atoms. The molecule has 1 aromatic rings. The number of hydrogen-bond acceptors (Lipinski definition) is 3. The summed E-state index contributed by atoms with van der Waals surface area (Å²) in [7, 11) is 2.02. The number of nitrogens with zero attached hydrogens (tertiary/aromatic N) is 2. The van der Waals surface area contributed by atoms with Crippen LogP contribution in [0.3, 0.4) is 0 Å². The predicted octanol–water partition coefficient (Wildman–Crippen LogP) is 1.53. The summed E-state index contributed by atoms with van der Waals surface area (Å²) < 4.78 is 0. The summed E-state index contributed by atoms with van der Waals surface area (Å²) in [5.41, 5.74) is 1.04. The molecule has 0 radical (unpaired) electrons. The van der Waals surface area contributed by atoms with E-state index in [4.69, 9.17) is 0 Å². The van der Waals surface area contributed by atoms with E-state index in [1.807, 2.05) is 25.2 Å². The molecule has 0 saturated carbocycles. The maximum Gasteiger partial charge on any atom is 0.0589 e. The van der Waals surface area contributed by atoms with Crippen molar-refractivity contribution in [3.63, 3.8) is 0 Å². The van der Waals surface area contributed by atoms with E-state index in [9.17, 15) is 5.11 Å². The smallest absolute Gasteiger partial charge is 0.0589 e. The first-order valence-corrected chi connectivity index (χ1v) is 5.36. The molecule has 1 unspecified atom stereocenters. The van der Waals surface area contributed by atoms with E-state index in [-0.39, 0.29) is 12.6 Å². The van der Waals surface area contributed by atoms with Crippen LogP contribution < -0.4 is 0 Å². The fourth-order valence-corrected chi connectivity index (χ4v) is 1.72. The minimum absolute atomic E-state index is 0.195. The van der Waals surface area contributed by atoms with Crippen molar-refractivity contribution in [3.05, 3.63) is 30.1 Å². The van der Waals surface area contributed by atoms with E-state index in [1.165, 1.54) is 0 Å². The highest BCUT2D eigenvalue weighted by Gasteiger charge is 2.17. The molecule has 0 aromatic carbocycles. The van der Waals surface area contributed by atoms with Gasteiger partial charge in [-0.3, -0.25) is 9.88 Å². The number of pyridine rings is 1. The molecule has 1 rings (SSSR count). The van der Waals surface area contributed by atoms with Gasteiger partial charge in [-0.2, -0.15) is 0 Å². The molecular weight excluding hydrogens is 188 g/mol. The molecule has 1 atom stereocenters. The Kier molecular flexibility index (Phi) is 4.72. The van der Waals surface area contributed by atoms with Gasteiger partial charge in [0.05, 0.1) is 12.3 Å². The van der Waals surface area contributed by atoms with Crippen molar-refractivity contribution in [2.45, 2.75) is 26.4 Å². The third-order valence-corrected chi connectivity index (χ3v) is 2.66. The Hall–Kier alpha value is -0.930. The first-order valence-electron chi connectivity index (χ1n) is 5.36. The molecule has 0 aliphatic heterocycles. The molecule has 0 bridgehead atoms. The highest BCUT2D eigenvalue weighted by molar-refractivity contribution is 5.03. The lowest BCUT2D eigenvalue weighted by atomic mass is 10.0. The van der Waals surface area contributed by atoms with Crippen molar-refractivity contribution in [3.8, 4) is 0 Å². The average molecular weight is 208 g/mol. The van der Waals surface area contributed by atoms with Gasteiger partial charge in [-0.05, 0) is 25.1 Å². The van der Waals surface area contributed by atoms with E-state index in [0.717, 1.165) is 12.2 Å². The molecule has 1 N–H and O–H groups in total. The minimum atomic E-state index is 0.195. The lowest BCUT2D eigenvalue weighted by Gasteiger charge is -2.29. The summed E-state index contributed by atoms with van der Waals surface area (Å²) in [5.74, 6) is 0.448. The standard InChI is InChI=1S/C12H20N2O/c1-10(2)12(9-15)14(3)8-11-6-4-5-7-13-11/h4-7,10,12,15H,8-9H2,1-3H3. The van der Waals surface area contributed by atoms with Crippen molar-refractivity contribution < 1.29 is 5.11 Å². The van der Waals surface area contributed by atoms with Crippen molar-refractivity contribution in [2.24, 2.45) is 5.92 Å². The summed E-state index contributed by atoms with van der Waals surface area (Å²) in [6.07, 6.45) is 1.80. The first-order chi connectivity index (χ1) is 7.15. The van der Waals surface area contributed by atoms with Crippen LogP contribution in [0, 0.1) is 5.92 Å². The van der Waals surface area contributed by atoms with Gasteiger partial charge in [0, 0.05) is 18.8 Å². The zero-order chi connectivity index (χ0) is 11.3. The molecule has 15 heavy (non-hydrogen) atoms. The van der Waals surface area contributed by atoms with E-state index < -0.39 is 0 Å². The van der Waals surface area contributed by atoms with Crippen LogP contribution in [-0.4, -0.2) is 34.7 Å². The highest BCUT2D eigenvalue weighted by Crippen LogP contribution is 2.11. The maximum atomic E-state index is 9.28. The SMILES string of the molecule is CC(C)C(CO)N(C)Cc1ccccn1. The Morgan fingerprint density at radius 3 is 2.60 bits per heavy atom. The number of likely N-dealkylation sites (N-methyl/N-ethyl adjacent to an activating group) is 1. The number of rotatable bonds is 5. The van der Waals surface area contributed by atoms with Crippen LogP contribution in [0.4, 0.5) is 0 Å². The Bertz CT molecular complexity index is 274. The van der Waals surface area contributed by atoms with Gasteiger partial charge >= 0.3 is 0 Å². The van der Waals surface area contributed by atoms with Gasteiger partial charge in [0.25, 0.3) is 0 Å². The van der Waals surface area contributed by atoms with E-state index >= 15 is 0 Å². The summed E-state index contributed by atoms with van der Waals surface area (Å²) >= 11 is 0. The fraction of sp³-hybridized carbons (Fsp3) is 0.583. The molecule has 3 heteroatoms. The fourth-order valence-electron chi connectivity index (χ4n) is 1.72. The summed E-state index contributed by atoms with van der Waals surface area (Å²) in [6.45, 7) is 5.22. The van der Waals surface area contributed by atoms with E-state index in [2.05, 4.69) is 23.7 Å². The quantitative estimate of drug-likeness (QED) is 0.797. The van der Waals surface area contributed by atoms with Crippen LogP contribution >= 0.6 is 0 Å². The van der Waals surface area contributed by atoms with E-state index in [0.29, 0.717) is 5.92 Å². The number of aliphatic hydroxyl groups is 1. The van der Waals surface area contributed by atoms with Gasteiger partial charge in [0.1, 0.15) is 0 Å². The lowest BCUT2D eigenvalue weighted by Crippen LogP contribution is -2.38. The van der Waals surface area contributed by atoms with Crippen molar-refractivity contribution in [1.82, 2.24) is 9.88 Å². The van der Waals surface area contributed by atoms with Crippen molar-refractivity contribution in [2.75, 3.05) is 13.7 Å². The molecule has 0 aliphatic rings. The second kappa shape index (κ2) is 5.83. The lowest BCUT2D eigenvalue weighted by molar-refractivity contribution is 0.107. The van der Waals surface area contributed by atoms with Crippen LogP contribution in [0.1, 0.15) is 19.5 Å². The van der Waals surface area contributed by atoms with Crippen LogP contribution in [0.2, 0.25) is 0 Å². The molecule has 1 heterocycles. The number of hydrogen-bond donors (Lipinski definition) is 1. The minimum Gasteiger partial charge on any atom is -0.395 e. The zero-order valence-corrected chi connectivity index (χ0v) is 9.72. The Morgan fingerprint density at radius 2 is 2.13 bits per heavy atom. The Balaban J connectivity index is 2.58. The topological polar surface area (TPSA) is 36.4 Å². The molecule has 0 fully saturated rings. The van der Waals surface area contributed by atoms with Gasteiger partial charge in [0.15, 0.2) is 0 Å². The van der Waals surface area contributed by atoms with Gasteiger partial charge in [-0.15, -0.1) is 0 Å². The monoisotopic (exact) mass is 208 g/mol. The molecule has 0 saturated heterocycles. The Labute approximate surface area is 91.8 Å². The Morgan fingerprint density at radius 1 is 1.40 bits per heavy atom. The van der Waals surface area contributed by atoms with Gasteiger partial charge in [-0.1, -0.05) is 19.9 Å². The summed E-state index contributed by atoms with van der Waals surface area (Å²) in [5, 5.41) is 9.28. The number of aliphatic hydroxyl groups excluding tert-OH is 1. The van der Waals surface area contributed by atoms with Crippen molar-refractivity contribution >= 4 is 0 Å². The van der Waals surface area contributed by atoms with Crippen molar-refractivity contribution in [1.29, 1.82) is 0 Å². The third-order valence-electron chi connectivity index (χ3n) is 2.66. The van der Waals surface area contributed by atoms with Crippen LogP contribution in [0.5, 0.6) is 0 Å². The normalized spacial score (nSPS) is 13.5. The van der Waals surface area contributed by atoms with Crippen LogP contribution in [0.25, 0.3) is 0 Å². The average Bonchev–Trinajstić information content (AvgIpc) is 2.19. The molecule has 0 amide bonds. The molecular formula is C12H20N2O. The number of aromatic nitrogens is 1. The highest BCUT2D eigenvalue weighted by atomic mass is 16.3. The van der Waals surface area contributed by atoms with Gasteiger partial charge < -0.3 is 5.11 Å². The van der Waals surface area contributed by atoms with Gasteiger partial charge in [-0.25, -0.2) is 0 Å².